The van der Waals surface area contributed by atoms with Crippen LogP contribution in [0.3, 0.4) is 0 Å². The Morgan fingerprint density at radius 3 is 2.12 bits per heavy atom. The van der Waals surface area contributed by atoms with E-state index in [4.69, 9.17) is 23.2 Å². The first kappa shape index (κ1) is 24.5. The minimum atomic E-state index is -4.86. The number of rotatable bonds is 4. The lowest BCUT2D eigenvalue weighted by molar-refractivity contribution is -0.140. The summed E-state index contributed by atoms with van der Waals surface area (Å²) in [7, 11) is 0. The maximum atomic E-state index is 13.8. The zero-order chi connectivity index (χ0) is 23.8. The molecule has 0 aliphatic rings. The number of hydrogen-bond donors (Lipinski definition) is 0. The number of aromatic nitrogens is 2. The highest BCUT2D eigenvalue weighted by molar-refractivity contribution is 7.13. The zero-order valence-electron chi connectivity index (χ0n) is 16.4. The van der Waals surface area contributed by atoms with Crippen molar-refractivity contribution in [1.82, 2.24) is 9.97 Å². The first-order valence-electron chi connectivity index (χ1n) is 8.96. The highest BCUT2D eigenvalue weighted by atomic mass is 35.5. The van der Waals surface area contributed by atoms with Crippen molar-refractivity contribution in [1.29, 1.82) is 0 Å². The van der Waals surface area contributed by atoms with Crippen molar-refractivity contribution in [3.63, 3.8) is 0 Å². The van der Waals surface area contributed by atoms with Gasteiger partial charge in [-0.1, -0.05) is 36.2 Å². The molecule has 0 radical (unpaired) electrons. The second-order valence-corrected chi connectivity index (χ2v) is 8.29. The number of halogens is 8. The summed E-state index contributed by atoms with van der Waals surface area (Å²) in [6, 6.07) is 4.54. The second kappa shape index (κ2) is 8.99. The highest BCUT2D eigenvalue weighted by Crippen LogP contribution is 2.40. The van der Waals surface area contributed by atoms with E-state index in [0.717, 1.165) is 0 Å². The molecule has 0 saturated heterocycles. The van der Waals surface area contributed by atoms with Gasteiger partial charge < -0.3 is 0 Å². The molecule has 0 unspecified atom stereocenters. The summed E-state index contributed by atoms with van der Waals surface area (Å²) >= 11 is 13.1. The van der Waals surface area contributed by atoms with Crippen molar-refractivity contribution >= 4 is 45.9 Å². The molecule has 12 heteroatoms. The number of hydrogen-bond acceptors (Lipinski definition) is 4. The lowest BCUT2D eigenvalue weighted by Gasteiger charge is -2.16. The maximum Gasteiger partial charge on any atom is 0.435 e. The lowest BCUT2D eigenvalue weighted by Crippen LogP contribution is -2.13. The normalized spacial score (nSPS) is 13.0. The van der Waals surface area contributed by atoms with Crippen molar-refractivity contribution in [3.8, 4) is 10.7 Å². The summed E-state index contributed by atoms with van der Waals surface area (Å²) in [6.07, 6.45) is -9.45. The standard InChI is InChI=1S/C20H13Cl2F6N3S/c1-3-13-16(17(20(26,27)28)31-18(30-13)14-5-4-6-32-14)29-9(2)15-11(21)7-10(8-12(15)22)19(23,24)25/h4-8H,3H2,1-2H3. The van der Waals surface area contributed by atoms with Gasteiger partial charge in [0.25, 0.3) is 0 Å². The van der Waals surface area contributed by atoms with Gasteiger partial charge in [0.05, 0.1) is 26.2 Å². The van der Waals surface area contributed by atoms with Gasteiger partial charge in [0.2, 0.25) is 0 Å². The fraction of sp³-hybridized carbons (Fsp3) is 0.250. The van der Waals surface area contributed by atoms with Crippen LogP contribution in [-0.2, 0) is 18.8 Å². The third-order valence-corrected chi connectivity index (χ3v) is 5.77. The monoisotopic (exact) mass is 511 g/mol. The first-order chi connectivity index (χ1) is 14.8. The van der Waals surface area contributed by atoms with Crippen LogP contribution in [0.5, 0.6) is 0 Å². The van der Waals surface area contributed by atoms with Gasteiger partial charge in [-0.2, -0.15) is 26.3 Å². The van der Waals surface area contributed by atoms with Gasteiger partial charge in [-0.05, 0) is 36.9 Å². The average Bonchev–Trinajstić information content (AvgIpc) is 3.20. The zero-order valence-corrected chi connectivity index (χ0v) is 18.7. The molecule has 0 N–H and O–H groups in total. The van der Waals surface area contributed by atoms with E-state index in [0.29, 0.717) is 17.0 Å². The predicted octanol–water partition coefficient (Wildman–Crippen LogP) is 8.25. The molecule has 2 aromatic heterocycles. The van der Waals surface area contributed by atoms with Crippen molar-refractivity contribution in [2.45, 2.75) is 32.6 Å². The van der Waals surface area contributed by atoms with Crippen LogP contribution in [0, 0.1) is 0 Å². The number of aryl methyl sites for hydroxylation is 1. The molecule has 170 valence electrons. The Bertz CT molecular complexity index is 1150. The minimum absolute atomic E-state index is 0.0224. The van der Waals surface area contributed by atoms with Crippen molar-refractivity contribution < 1.29 is 26.3 Å². The molecule has 0 saturated carbocycles. The van der Waals surface area contributed by atoms with Crippen LogP contribution < -0.4 is 0 Å². The van der Waals surface area contributed by atoms with Crippen LogP contribution in [0.2, 0.25) is 10.0 Å². The van der Waals surface area contributed by atoms with Crippen molar-refractivity contribution in [3.05, 3.63) is 62.2 Å². The number of aliphatic imine (C=N–C) groups is 1. The minimum Gasteiger partial charge on any atom is -0.249 e. The first-order valence-corrected chi connectivity index (χ1v) is 10.6. The van der Waals surface area contributed by atoms with Gasteiger partial charge in [-0.25, -0.2) is 15.0 Å². The molecule has 0 amide bonds. The Balaban J connectivity index is 2.22. The summed E-state index contributed by atoms with van der Waals surface area (Å²) in [4.78, 5) is 12.4. The number of benzene rings is 1. The van der Waals surface area contributed by atoms with E-state index in [2.05, 4.69) is 15.0 Å². The van der Waals surface area contributed by atoms with Crippen molar-refractivity contribution in [2.24, 2.45) is 4.99 Å². The molecule has 3 aromatic rings. The molecule has 3 rings (SSSR count). The molecule has 3 nitrogen and oxygen atoms in total. The van der Waals surface area contributed by atoms with Gasteiger partial charge >= 0.3 is 12.4 Å². The topological polar surface area (TPSA) is 38.1 Å². The van der Waals surface area contributed by atoms with E-state index in [9.17, 15) is 26.3 Å². The van der Waals surface area contributed by atoms with Crippen LogP contribution >= 0.6 is 34.5 Å². The fourth-order valence-corrected chi connectivity index (χ4v) is 4.30. The SMILES string of the molecule is CCc1nc(-c2cccs2)nc(C(F)(F)F)c1N=C(C)c1c(Cl)cc(C(F)(F)F)cc1Cl. The maximum absolute atomic E-state index is 13.8. The van der Waals surface area contributed by atoms with Crippen LogP contribution in [0.1, 0.15) is 36.4 Å². The second-order valence-electron chi connectivity index (χ2n) is 6.53. The van der Waals surface area contributed by atoms with E-state index >= 15 is 0 Å². The van der Waals surface area contributed by atoms with Gasteiger partial charge in [0.15, 0.2) is 11.5 Å². The number of alkyl halides is 6. The molecule has 0 aliphatic heterocycles. The lowest BCUT2D eigenvalue weighted by atomic mass is 10.1. The Morgan fingerprint density at radius 1 is 1.03 bits per heavy atom. The molecule has 2 heterocycles. The molecule has 32 heavy (non-hydrogen) atoms. The smallest absolute Gasteiger partial charge is 0.249 e. The Labute approximate surface area is 192 Å². The molecular weight excluding hydrogens is 499 g/mol. The van der Waals surface area contributed by atoms with E-state index in [1.165, 1.54) is 18.3 Å². The molecule has 0 bridgehead atoms. The Hall–Kier alpha value is -2.17. The summed E-state index contributed by atoms with van der Waals surface area (Å²) in [5, 5.41) is 0.894. The predicted molar refractivity (Wildman–Crippen MR) is 113 cm³/mol. The molecule has 0 fully saturated rings. The summed E-state index contributed by atoms with van der Waals surface area (Å²) in [6.45, 7) is 2.90. The van der Waals surface area contributed by atoms with Crippen molar-refractivity contribution in [2.75, 3.05) is 0 Å². The van der Waals surface area contributed by atoms with E-state index in [1.54, 1.807) is 24.4 Å². The van der Waals surface area contributed by atoms with Crippen LogP contribution in [0.25, 0.3) is 10.7 Å². The number of nitrogens with zero attached hydrogens (tertiary/aromatic N) is 3. The molecular formula is C20H13Cl2F6N3S. The Kier molecular flexibility index (Phi) is 6.88. The summed E-state index contributed by atoms with van der Waals surface area (Å²) in [5.41, 5.74) is -3.08. The van der Waals surface area contributed by atoms with E-state index in [1.807, 2.05) is 0 Å². The van der Waals surface area contributed by atoms with Gasteiger partial charge in [0.1, 0.15) is 5.69 Å². The molecule has 0 atom stereocenters. The van der Waals surface area contributed by atoms with Crippen LogP contribution in [-0.4, -0.2) is 15.7 Å². The highest BCUT2D eigenvalue weighted by Gasteiger charge is 2.38. The summed E-state index contributed by atoms with van der Waals surface area (Å²) in [5.74, 6) is -0.0913. The quantitative estimate of drug-likeness (QED) is 0.261. The van der Waals surface area contributed by atoms with E-state index in [-0.39, 0.29) is 29.2 Å². The van der Waals surface area contributed by atoms with Crippen LogP contribution in [0.15, 0.2) is 34.6 Å². The molecule has 0 aliphatic carbocycles. The third kappa shape index (κ3) is 5.07. The average molecular weight is 512 g/mol. The van der Waals surface area contributed by atoms with E-state index < -0.39 is 39.3 Å². The van der Waals surface area contributed by atoms with Crippen LogP contribution in [0.4, 0.5) is 32.0 Å². The summed E-state index contributed by atoms with van der Waals surface area (Å²) < 4.78 is 80.5. The van der Waals surface area contributed by atoms with Gasteiger partial charge in [-0.3, -0.25) is 0 Å². The van der Waals surface area contributed by atoms with Gasteiger partial charge in [0, 0.05) is 11.3 Å². The fourth-order valence-electron chi connectivity index (χ4n) is 2.88. The third-order valence-electron chi connectivity index (χ3n) is 4.31. The van der Waals surface area contributed by atoms with Gasteiger partial charge in [-0.15, -0.1) is 11.3 Å². The number of thiophene rings is 1. The largest absolute Gasteiger partial charge is 0.435 e. The Morgan fingerprint density at radius 2 is 1.66 bits per heavy atom. The molecule has 1 aromatic carbocycles. The molecule has 0 spiro atoms.